The molecule has 5 rings (SSSR count). The molecule has 0 aromatic heterocycles. The number of nitrogens with one attached hydrogen (secondary N) is 1. The molecule has 2 nitrogen and oxygen atoms in total. The number of hydrogen-bond acceptors (Lipinski definition) is 2. The first-order valence-electron chi connectivity index (χ1n) is 7.80. The second-order valence-electron chi connectivity index (χ2n) is 7.40. The molecule has 2 heteroatoms. The second-order valence-corrected chi connectivity index (χ2v) is 7.40. The zero-order valence-corrected chi connectivity index (χ0v) is 11.6. The lowest BCUT2D eigenvalue weighted by atomic mass is 9.49. The highest BCUT2D eigenvalue weighted by atomic mass is 14.9. The van der Waals surface area contributed by atoms with Gasteiger partial charge in [0.05, 0.1) is 0 Å². The zero-order chi connectivity index (χ0) is 12.9. The largest absolute Gasteiger partial charge is 0.399 e. The Morgan fingerprint density at radius 2 is 1.68 bits per heavy atom. The van der Waals surface area contributed by atoms with Gasteiger partial charge in [-0.2, -0.15) is 0 Å². The van der Waals surface area contributed by atoms with Crippen LogP contribution >= 0.6 is 0 Å². The van der Waals surface area contributed by atoms with Crippen molar-refractivity contribution in [1.82, 2.24) is 0 Å². The van der Waals surface area contributed by atoms with Gasteiger partial charge in [0.25, 0.3) is 0 Å². The van der Waals surface area contributed by atoms with E-state index in [1.165, 1.54) is 44.2 Å². The van der Waals surface area contributed by atoms with Crippen molar-refractivity contribution in [2.75, 3.05) is 17.6 Å². The van der Waals surface area contributed by atoms with Crippen molar-refractivity contribution in [3.8, 4) is 0 Å². The van der Waals surface area contributed by atoms with Crippen molar-refractivity contribution in [3.63, 3.8) is 0 Å². The third-order valence-electron chi connectivity index (χ3n) is 5.72. The molecule has 4 fully saturated rings. The third-order valence-corrected chi connectivity index (χ3v) is 5.72. The summed E-state index contributed by atoms with van der Waals surface area (Å²) in [7, 11) is 0. The lowest BCUT2D eigenvalue weighted by molar-refractivity contribution is -0.0444. The van der Waals surface area contributed by atoms with Crippen LogP contribution in [0.15, 0.2) is 24.3 Å². The summed E-state index contributed by atoms with van der Waals surface area (Å²) in [6.45, 7) is 1.15. The molecule has 1 aromatic rings. The van der Waals surface area contributed by atoms with Crippen LogP contribution in [0.25, 0.3) is 0 Å². The SMILES string of the molecule is Nc1cccc(NCC23CC4CC(CC(C4)C2)C3)c1. The van der Waals surface area contributed by atoms with Gasteiger partial charge < -0.3 is 11.1 Å². The van der Waals surface area contributed by atoms with E-state index in [1.54, 1.807) is 0 Å². The molecule has 4 aliphatic rings. The highest BCUT2D eigenvalue weighted by molar-refractivity contribution is 5.54. The predicted molar refractivity (Wildman–Crippen MR) is 79.9 cm³/mol. The van der Waals surface area contributed by atoms with E-state index in [0.717, 1.165) is 30.0 Å². The van der Waals surface area contributed by atoms with Crippen molar-refractivity contribution in [1.29, 1.82) is 0 Å². The molecule has 0 atom stereocenters. The molecule has 0 aliphatic heterocycles. The molecule has 0 heterocycles. The Bertz CT molecular complexity index is 445. The summed E-state index contributed by atoms with van der Waals surface area (Å²) in [4.78, 5) is 0. The molecule has 1 aromatic carbocycles. The van der Waals surface area contributed by atoms with E-state index in [0.29, 0.717) is 5.41 Å². The Balaban J connectivity index is 1.48. The number of benzene rings is 1. The van der Waals surface area contributed by atoms with Crippen LogP contribution in [0.1, 0.15) is 38.5 Å². The second kappa shape index (κ2) is 4.16. The van der Waals surface area contributed by atoms with E-state index in [1.807, 2.05) is 12.1 Å². The van der Waals surface area contributed by atoms with Crippen molar-refractivity contribution < 1.29 is 0 Å². The summed E-state index contributed by atoms with van der Waals surface area (Å²) in [6.07, 6.45) is 8.98. The summed E-state index contributed by atoms with van der Waals surface area (Å²) < 4.78 is 0. The molecule has 0 radical (unpaired) electrons. The van der Waals surface area contributed by atoms with E-state index in [2.05, 4.69) is 17.4 Å². The van der Waals surface area contributed by atoms with E-state index in [9.17, 15) is 0 Å². The van der Waals surface area contributed by atoms with E-state index in [-0.39, 0.29) is 0 Å². The van der Waals surface area contributed by atoms with E-state index < -0.39 is 0 Å². The summed E-state index contributed by atoms with van der Waals surface area (Å²) in [5.41, 5.74) is 8.50. The number of rotatable bonds is 3. The summed E-state index contributed by atoms with van der Waals surface area (Å²) in [5.74, 6) is 3.11. The molecule has 4 aliphatic carbocycles. The standard InChI is InChI=1S/C17H24N2/c18-15-2-1-3-16(7-15)19-11-17-8-12-4-13(9-17)6-14(5-12)10-17/h1-3,7,12-14,19H,4-6,8-11,18H2. The maximum absolute atomic E-state index is 5.86. The van der Waals surface area contributed by atoms with Crippen LogP contribution in [0.5, 0.6) is 0 Å². The van der Waals surface area contributed by atoms with Crippen LogP contribution < -0.4 is 11.1 Å². The lowest BCUT2D eigenvalue weighted by Crippen LogP contribution is -2.49. The van der Waals surface area contributed by atoms with Gasteiger partial charge in [0.15, 0.2) is 0 Å². The van der Waals surface area contributed by atoms with Crippen molar-refractivity contribution in [3.05, 3.63) is 24.3 Å². The Kier molecular flexibility index (Phi) is 2.54. The van der Waals surface area contributed by atoms with Crippen molar-refractivity contribution in [2.24, 2.45) is 23.2 Å². The van der Waals surface area contributed by atoms with Crippen LogP contribution in [0.3, 0.4) is 0 Å². The maximum Gasteiger partial charge on any atom is 0.0360 e. The van der Waals surface area contributed by atoms with Crippen molar-refractivity contribution in [2.45, 2.75) is 38.5 Å². The van der Waals surface area contributed by atoms with Crippen LogP contribution in [0, 0.1) is 23.2 Å². The molecule has 0 amide bonds. The zero-order valence-electron chi connectivity index (χ0n) is 11.6. The third kappa shape index (κ3) is 2.11. The monoisotopic (exact) mass is 256 g/mol. The fourth-order valence-corrected chi connectivity index (χ4v) is 5.44. The van der Waals surface area contributed by atoms with Gasteiger partial charge in [0, 0.05) is 17.9 Å². The average Bonchev–Trinajstić information content (AvgIpc) is 2.35. The van der Waals surface area contributed by atoms with Crippen LogP contribution in [0.4, 0.5) is 11.4 Å². The first kappa shape index (κ1) is 11.6. The summed E-state index contributed by atoms with van der Waals surface area (Å²) >= 11 is 0. The lowest BCUT2D eigenvalue weighted by Gasteiger charge is -2.57. The smallest absolute Gasteiger partial charge is 0.0360 e. The predicted octanol–water partition coefficient (Wildman–Crippen LogP) is 3.90. The van der Waals surface area contributed by atoms with E-state index >= 15 is 0 Å². The van der Waals surface area contributed by atoms with Gasteiger partial charge in [-0.15, -0.1) is 0 Å². The van der Waals surface area contributed by atoms with Crippen molar-refractivity contribution >= 4 is 11.4 Å². The normalized spacial score (nSPS) is 39.5. The molecule has 102 valence electrons. The minimum atomic E-state index is 0.597. The maximum atomic E-state index is 5.86. The van der Waals surface area contributed by atoms with E-state index in [4.69, 9.17) is 5.73 Å². The van der Waals surface area contributed by atoms with Crippen LogP contribution in [0.2, 0.25) is 0 Å². The summed E-state index contributed by atoms with van der Waals surface area (Å²) in [5, 5.41) is 3.66. The van der Waals surface area contributed by atoms with Gasteiger partial charge in [-0.1, -0.05) is 6.07 Å². The molecule has 19 heavy (non-hydrogen) atoms. The van der Waals surface area contributed by atoms with Crippen LogP contribution in [-0.2, 0) is 0 Å². The Morgan fingerprint density at radius 3 is 2.26 bits per heavy atom. The number of nitrogen functional groups attached to an aromatic ring is 1. The number of anilines is 2. The minimum Gasteiger partial charge on any atom is -0.399 e. The first-order valence-corrected chi connectivity index (χ1v) is 7.80. The van der Waals surface area contributed by atoms with Gasteiger partial charge >= 0.3 is 0 Å². The minimum absolute atomic E-state index is 0.597. The Morgan fingerprint density at radius 1 is 1.05 bits per heavy atom. The average molecular weight is 256 g/mol. The Labute approximate surface area is 115 Å². The quantitative estimate of drug-likeness (QED) is 0.805. The first-order chi connectivity index (χ1) is 9.21. The van der Waals surface area contributed by atoms with Crippen LogP contribution in [-0.4, -0.2) is 6.54 Å². The topological polar surface area (TPSA) is 38.0 Å². The summed E-state index contributed by atoms with van der Waals surface area (Å²) in [6, 6.07) is 8.19. The molecule has 0 unspecified atom stereocenters. The molecular formula is C17H24N2. The molecule has 0 saturated heterocycles. The fourth-order valence-electron chi connectivity index (χ4n) is 5.44. The van der Waals surface area contributed by atoms with Gasteiger partial charge in [-0.05, 0) is 79.9 Å². The molecule has 0 spiro atoms. The highest BCUT2D eigenvalue weighted by Crippen LogP contribution is 2.59. The molecule has 4 bridgehead atoms. The molecule has 4 saturated carbocycles. The highest BCUT2D eigenvalue weighted by Gasteiger charge is 2.50. The fraction of sp³-hybridized carbons (Fsp3) is 0.647. The van der Waals surface area contributed by atoms with Gasteiger partial charge in [0.2, 0.25) is 0 Å². The number of nitrogens with two attached hydrogens (primary N) is 1. The van der Waals surface area contributed by atoms with Gasteiger partial charge in [-0.25, -0.2) is 0 Å². The van der Waals surface area contributed by atoms with Gasteiger partial charge in [-0.3, -0.25) is 0 Å². The molecule has 3 N–H and O–H groups in total. The Hall–Kier alpha value is -1.18. The number of hydrogen-bond donors (Lipinski definition) is 2. The van der Waals surface area contributed by atoms with Gasteiger partial charge in [0.1, 0.15) is 0 Å². The molecular weight excluding hydrogens is 232 g/mol.